The number of hydrogen-bond donors (Lipinski definition) is 2. The Morgan fingerprint density at radius 1 is 1.00 bits per heavy atom. The van der Waals surface area contributed by atoms with Crippen LogP contribution in [0, 0.1) is 0 Å². The molecule has 158 valence electrons. The minimum atomic E-state index is 0.595. The number of nitrogens with one attached hydrogen (secondary N) is 2. The second-order valence-electron chi connectivity index (χ2n) is 6.90. The molecule has 0 amide bonds. The Morgan fingerprint density at radius 2 is 1.77 bits per heavy atom. The number of ether oxygens (including phenoxy) is 1. The van der Waals surface area contributed by atoms with E-state index in [0.29, 0.717) is 6.54 Å². The van der Waals surface area contributed by atoms with E-state index in [9.17, 15) is 0 Å². The largest absolute Gasteiger partial charge is 0.497 e. The molecule has 3 rings (SSSR count). The van der Waals surface area contributed by atoms with E-state index in [2.05, 4.69) is 56.6 Å². The number of benzene rings is 2. The molecule has 1 aromatic heterocycles. The summed E-state index contributed by atoms with van der Waals surface area (Å²) in [5.41, 5.74) is 2.43. The van der Waals surface area contributed by atoms with Crippen molar-refractivity contribution in [1.29, 1.82) is 0 Å². The van der Waals surface area contributed by atoms with Gasteiger partial charge in [-0.25, -0.2) is 4.99 Å². The number of rotatable bonds is 10. The molecule has 7 heteroatoms. The highest BCUT2D eigenvalue weighted by Gasteiger charge is 2.03. The number of nitrogens with zero attached hydrogens (tertiary/aromatic N) is 4. The van der Waals surface area contributed by atoms with Crippen LogP contribution in [-0.2, 0) is 25.9 Å². The van der Waals surface area contributed by atoms with Crippen molar-refractivity contribution < 1.29 is 4.74 Å². The molecule has 0 unspecified atom stereocenters. The molecule has 1 heterocycles. The van der Waals surface area contributed by atoms with Crippen LogP contribution in [0.3, 0.4) is 0 Å². The Labute approximate surface area is 178 Å². The zero-order valence-corrected chi connectivity index (χ0v) is 17.7. The number of aromatic nitrogens is 3. The highest BCUT2D eigenvalue weighted by molar-refractivity contribution is 5.79. The molecule has 0 spiro atoms. The predicted octanol–water partition coefficient (Wildman–Crippen LogP) is 2.83. The molecule has 0 saturated carbocycles. The van der Waals surface area contributed by atoms with Crippen LogP contribution in [0.2, 0.25) is 0 Å². The standard InChI is InChI=1S/C23H30N6O/c1-3-22-28-27-18-29(22)16-15-25-23(24-14-13-19-7-5-4-6-8-19)26-17-20-9-11-21(30-2)12-10-20/h4-12,18H,3,13-17H2,1-2H3,(H2,24,25,26). The van der Waals surface area contributed by atoms with E-state index in [-0.39, 0.29) is 0 Å². The lowest BCUT2D eigenvalue weighted by Gasteiger charge is -2.14. The molecule has 0 fully saturated rings. The summed E-state index contributed by atoms with van der Waals surface area (Å²) in [6, 6.07) is 18.4. The van der Waals surface area contributed by atoms with Gasteiger partial charge in [-0.05, 0) is 29.7 Å². The summed E-state index contributed by atoms with van der Waals surface area (Å²) in [4.78, 5) is 4.76. The number of aryl methyl sites for hydroxylation is 1. The van der Waals surface area contributed by atoms with E-state index < -0.39 is 0 Å². The third-order valence-electron chi connectivity index (χ3n) is 4.78. The van der Waals surface area contributed by atoms with Crippen LogP contribution in [0.15, 0.2) is 65.9 Å². The first kappa shape index (κ1) is 21.4. The van der Waals surface area contributed by atoms with Gasteiger partial charge in [-0.15, -0.1) is 10.2 Å². The lowest BCUT2D eigenvalue weighted by Crippen LogP contribution is -2.40. The molecule has 0 bridgehead atoms. The van der Waals surface area contributed by atoms with Crippen LogP contribution in [0.25, 0.3) is 0 Å². The predicted molar refractivity (Wildman–Crippen MR) is 120 cm³/mol. The molecule has 7 nitrogen and oxygen atoms in total. The Bertz CT molecular complexity index is 905. The molecule has 30 heavy (non-hydrogen) atoms. The maximum atomic E-state index is 5.22. The van der Waals surface area contributed by atoms with E-state index in [1.165, 1.54) is 5.56 Å². The second-order valence-corrected chi connectivity index (χ2v) is 6.90. The van der Waals surface area contributed by atoms with Crippen LogP contribution < -0.4 is 15.4 Å². The molecule has 0 atom stereocenters. The monoisotopic (exact) mass is 406 g/mol. The topological polar surface area (TPSA) is 76.4 Å². The summed E-state index contributed by atoms with van der Waals surface area (Å²) in [5, 5.41) is 15.0. The molecule has 2 N–H and O–H groups in total. The summed E-state index contributed by atoms with van der Waals surface area (Å²) in [5.74, 6) is 2.64. The summed E-state index contributed by atoms with van der Waals surface area (Å²) >= 11 is 0. The normalized spacial score (nSPS) is 11.3. The van der Waals surface area contributed by atoms with Gasteiger partial charge in [0.2, 0.25) is 0 Å². The number of aliphatic imine (C=N–C) groups is 1. The maximum Gasteiger partial charge on any atom is 0.191 e. The van der Waals surface area contributed by atoms with Gasteiger partial charge in [-0.1, -0.05) is 49.4 Å². The zero-order chi connectivity index (χ0) is 21.0. The molecule has 0 aliphatic carbocycles. The minimum Gasteiger partial charge on any atom is -0.497 e. The van der Waals surface area contributed by atoms with Crippen molar-refractivity contribution in [3.8, 4) is 5.75 Å². The Morgan fingerprint density at radius 3 is 2.50 bits per heavy atom. The molecule has 0 aliphatic heterocycles. The highest BCUT2D eigenvalue weighted by atomic mass is 16.5. The fourth-order valence-corrected chi connectivity index (χ4v) is 3.08. The summed E-state index contributed by atoms with van der Waals surface area (Å²) in [7, 11) is 1.67. The van der Waals surface area contributed by atoms with Gasteiger partial charge in [0.25, 0.3) is 0 Å². The van der Waals surface area contributed by atoms with E-state index in [0.717, 1.165) is 55.6 Å². The third-order valence-corrected chi connectivity index (χ3v) is 4.78. The van der Waals surface area contributed by atoms with E-state index in [1.807, 2.05) is 30.3 Å². The summed E-state index contributed by atoms with van der Waals surface area (Å²) < 4.78 is 7.29. The molecule has 0 radical (unpaired) electrons. The van der Waals surface area contributed by atoms with Gasteiger partial charge < -0.3 is 19.9 Å². The van der Waals surface area contributed by atoms with Crippen molar-refractivity contribution >= 4 is 5.96 Å². The van der Waals surface area contributed by atoms with Gasteiger partial charge in [-0.3, -0.25) is 0 Å². The van der Waals surface area contributed by atoms with Gasteiger partial charge in [0, 0.05) is 26.1 Å². The average molecular weight is 407 g/mol. The van der Waals surface area contributed by atoms with Gasteiger partial charge >= 0.3 is 0 Å². The first-order valence-corrected chi connectivity index (χ1v) is 10.3. The quantitative estimate of drug-likeness (QED) is 0.400. The molecule has 3 aromatic rings. The average Bonchev–Trinajstić information content (AvgIpc) is 3.25. The van der Waals surface area contributed by atoms with Crippen LogP contribution in [-0.4, -0.2) is 40.9 Å². The lowest BCUT2D eigenvalue weighted by atomic mass is 10.1. The van der Waals surface area contributed by atoms with Gasteiger partial charge in [-0.2, -0.15) is 0 Å². The van der Waals surface area contributed by atoms with Crippen molar-refractivity contribution in [1.82, 2.24) is 25.4 Å². The second kappa shape index (κ2) is 11.6. The van der Waals surface area contributed by atoms with E-state index in [1.54, 1.807) is 13.4 Å². The van der Waals surface area contributed by atoms with Crippen molar-refractivity contribution in [3.05, 3.63) is 77.9 Å². The fraction of sp³-hybridized carbons (Fsp3) is 0.348. The van der Waals surface area contributed by atoms with Crippen molar-refractivity contribution in [3.63, 3.8) is 0 Å². The van der Waals surface area contributed by atoms with Crippen LogP contribution in [0.4, 0.5) is 0 Å². The fourth-order valence-electron chi connectivity index (χ4n) is 3.08. The molecular weight excluding hydrogens is 376 g/mol. The summed E-state index contributed by atoms with van der Waals surface area (Å²) in [6.45, 7) is 5.02. The smallest absolute Gasteiger partial charge is 0.191 e. The van der Waals surface area contributed by atoms with E-state index >= 15 is 0 Å². The van der Waals surface area contributed by atoms with Gasteiger partial charge in [0.1, 0.15) is 17.9 Å². The van der Waals surface area contributed by atoms with Crippen molar-refractivity contribution in [2.75, 3.05) is 20.2 Å². The SMILES string of the molecule is CCc1nncn1CCNC(=NCc1ccc(OC)cc1)NCCc1ccccc1. The molecule has 0 saturated heterocycles. The first-order valence-electron chi connectivity index (χ1n) is 10.3. The maximum absolute atomic E-state index is 5.22. The first-order chi connectivity index (χ1) is 14.8. The van der Waals surface area contributed by atoms with E-state index in [4.69, 9.17) is 9.73 Å². The highest BCUT2D eigenvalue weighted by Crippen LogP contribution is 2.11. The summed E-state index contributed by atoms with van der Waals surface area (Å²) in [6.07, 6.45) is 3.58. The molecular formula is C23H30N6O. The minimum absolute atomic E-state index is 0.595. The molecule has 0 aliphatic rings. The Balaban J connectivity index is 1.57. The van der Waals surface area contributed by atoms with Gasteiger partial charge in [0.15, 0.2) is 5.96 Å². The number of hydrogen-bond acceptors (Lipinski definition) is 4. The molecule has 2 aromatic carbocycles. The Kier molecular flexibility index (Phi) is 8.26. The third kappa shape index (κ3) is 6.62. The lowest BCUT2D eigenvalue weighted by molar-refractivity contribution is 0.414. The Hall–Kier alpha value is -3.35. The van der Waals surface area contributed by atoms with Crippen LogP contribution in [0.5, 0.6) is 5.75 Å². The number of guanidine groups is 1. The van der Waals surface area contributed by atoms with Gasteiger partial charge in [0.05, 0.1) is 13.7 Å². The van der Waals surface area contributed by atoms with Crippen LogP contribution >= 0.6 is 0 Å². The van der Waals surface area contributed by atoms with Crippen molar-refractivity contribution in [2.24, 2.45) is 4.99 Å². The zero-order valence-electron chi connectivity index (χ0n) is 17.7. The number of methoxy groups -OCH3 is 1. The van der Waals surface area contributed by atoms with Crippen LogP contribution in [0.1, 0.15) is 23.9 Å². The van der Waals surface area contributed by atoms with Crippen molar-refractivity contribution in [2.45, 2.75) is 32.9 Å².